The number of rotatable bonds is 4. The fourth-order valence-corrected chi connectivity index (χ4v) is 3.28. The van der Waals surface area contributed by atoms with Crippen molar-refractivity contribution >= 4 is 22.1 Å². The summed E-state index contributed by atoms with van der Waals surface area (Å²) in [6, 6.07) is 12.3. The van der Waals surface area contributed by atoms with Crippen LogP contribution in [-0.2, 0) is 0 Å². The first-order chi connectivity index (χ1) is 13.5. The van der Waals surface area contributed by atoms with E-state index in [1.54, 1.807) is 30.5 Å². The zero-order valence-electron chi connectivity index (χ0n) is 16.1. The van der Waals surface area contributed by atoms with E-state index in [1.807, 2.05) is 25.1 Å². The SMILES string of the molecule is CCN(CC)c1ccc(N=c2c(=NC#N)c(=O)c3ccccc3c2=O)c(C)c1. The predicted molar refractivity (Wildman–Crippen MR) is 110 cm³/mol. The maximum Gasteiger partial charge on any atom is 0.215 e. The summed E-state index contributed by atoms with van der Waals surface area (Å²) >= 11 is 0. The normalized spacial score (nSPS) is 12.4. The Bertz CT molecular complexity index is 1310. The lowest BCUT2D eigenvalue weighted by atomic mass is 10.1. The van der Waals surface area contributed by atoms with Gasteiger partial charge in [0.2, 0.25) is 17.1 Å². The molecular formula is C22H20N4O2. The number of benzene rings is 3. The molecule has 0 aliphatic heterocycles. The Morgan fingerprint density at radius 1 is 0.964 bits per heavy atom. The van der Waals surface area contributed by atoms with E-state index in [1.165, 1.54) is 0 Å². The lowest BCUT2D eigenvalue weighted by molar-refractivity contribution is 0.865. The van der Waals surface area contributed by atoms with Crippen molar-refractivity contribution in [2.24, 2.45) is 9.98 Å². The molecular weight excluding hydrogens is 352 g/mol. The van der Waals surface area contributed by atoms with Crippen LogP contribution in [0, 0.1) is 18.4 Å². The fourth-order valence-electron chi connectivity index (χ4n) is 3.28. The summed E-state index contributed by atoms with van der Waals surface area (Å²) in [5.41, 5.74) is 1.63. The Morgan fingerprint density at radius 3 is 2.11 bits per heavy atom. The van der Waals surface area contributed by atoms with E-state index in [2.05, 4.69) is 28.7 Å². The molecule has 3 aromatic carbocycles. The van der Waals surface area contributed by atoms with Crippen molar-refractivity contribution in [1.82, 2.24) is 0 Å². The van der Waals surface area contributed by atoms with Crippen molar-refractivity contribution < 1.29 is 0 Å². The van der Waals surface area contributed by atoms with Crippen LogP contribution < -0.4 is 26.5 Å². The Morgan fingerprint density at radius 2 is 1.57 bits per heavy atom. The molecule has 0 bridgehead atoms. The van der Waals surface area contributed by atoms with Crippen LogP contribution in [0.4, 0.5) is 11.4 Å². The van der Waals surface area contributed by atoms with E-state index < -0.39 is 10.9 Å². The zero-order chi connectivity index (χ0) is 20.3. The van der Waals surface area contributed by atoms with Gasteiger partial charge < -0.3 is 4.90 Å². The molecule has 0 spiro atoms. The van der Waals surface area contributed by atoms with Crippen LogP contribution in [0.3, 0.4) is 0 Å². The summed E-state index contributed by atoms with van der Waals surface area (Å²) in [6.45, 7) is 7.83. The number of nitriles is 1. The fraction of sp³-hybridized carbons (Fsp3) is 0.227. The van der Waals surface area contributed by atoms with Crippen LogP contribution in [0.2, 0.25) is 0 Å². The molecule has 0 aliphatic carbocycles. The first-order valence-electron chi connectivity index (χ1n) is 9.11. The molecule has 0 fully saturated rings. The third-order valence-corrected chi connectivity index (χ3v) is 4.77. The molecule has 0 N–H and O–H groups in total. The highest BCUT2D eigenvalue weighted by Crippen LogP contribution is 2.24. The molecule has 0 amide bonds. The summed E-state index contributed by atoms with van der Waals surface area (Å²) in [5, 5.41) is 9.22. The smallest absolute Gasteiger partial charge is 0.215 e. The van der Waals surface area contributed by atoms with Gasteiger partial charge in [0.25, 0.3) is 0 Å². The van der Waals surface area contributed by atoms with E-state index in [0.29, 0.717) is 5.69 Å². The van der Waals surface area contributed by atoms with Gasteiger partial charge in [0.15, 0.2) is 5.36 Å². The summed E-state index contributed by atoms with van der Waals surface area (Å²) in [5.74, 6) is 0. The average molecular weight is 372 g/mol. The monoisotopic (exact) mass is 372 g/mol. The summed E-state index contributed by atoms with van der Waals surface area (Å²) in [7, 11) is 0. The van der Waals surface area contributed by atoms with Gasteiger partial charge in [-0.25, -0.2) is 4.99 Å². The summed E-state index contributed by atoms with van der Waals surface area (Å²) in [6.07, 6.45) is 1.62. The molecule has 3 aromatic rings. The quantitative estimate of drug-likeness (QED) is 0.657. The highest BCUT2D eigenvalue weighted by atomic mass is 16.1. The first-order valence-corrected chi connectivity index (χ1v) is 9.11. The minimum absolute atomic E-state index is 0.0936. The molecule has 0 heterocycles. The van der Waals surface area contributed by atoms with Gasteiger partial charge in [0.1, 0.15) is 5.36 Å². The molecule has 0 radical (unpaired) electrons. The van der Waals surface area contributed by atoms with Crippen LogP contribution in [0.25, 0.3) is 10.8 Å². The molecule has 0 aromatic heterocycles. The van der Waals surface area contributed by atoms with Crippen LogP contribution in [0.5, 0.6) is 0 Å². The number of hydrogen-bond acceptors (Lipinski definition) is 6. The molecule has 0 atom stereocenters. The van der Waals surface area contributed by atoms with Crippen LogP contribution in [0.15, 0.2) is 62.0 Å². The van der Waals surface area contributed by atoms with Gasteiger partial charge in [-0.15, -0.1) is 0 Å². The van der Waals surface area contributed by atoms with Gasteiger partial charge in [-0.1, -0.05) is 24.3 Å². The Balaban J connectivity index is 2.35. The minimum Gasteiger partial charge on any atom is -0.372 e. The maximum absolute atomic E-state index is 12.9. The van der Waals surface area contributed by atoms with Crippen molar-refractivity contribution in [2.45, 2.75) is 20.8 Å². The summed E-state index contributed by atoms with van der Waals surface area (Å²) < 4.78 is 0. The largest absolute Gasteiger partial charge is 0.372 e. The molecule has 0 saturated carbocycles. The topological polar surface area (TPSA) is 85.9 Å². The molecule has 6 nitrogen and oxygen atoms in total. The third-order valence-electron chi connectivity index (χ3n) is 4.77. The molecule has 28 heavy (non-hydrogen) atoms. The molecule has 0 saturated heterocycles. The lowest BCUT2D eigenvalue weighted by Crippen LogP contribution is -2.48. The van der Waals surface area contributed by atoms with Crippen molar-refractivity contribution in [3.63, 3.8) is 0 Å². The maximum atomic E-state index is 12.9. The molecule has 3 rings (SSSR count). The molecule has 0 unspecified atom stereocenters. The second-order valence-electron chi connectivity index (χ2n) is 6.37. The van der Waals surface area contributed by atoms with Gasteiger partial charge >= 0.3 is 0 Å². The van der Waals surface area contributed by atoms with Gasteiger partial charge in [-0.05, 0) is 44.5 Å². The van der Waals surface area contributed by atoms with Crippen LogP contribution >= 0.6 is 0 Å². The lowest BCUT2D eigenvalue weighted by Gasteiger charge is -2.21. The van der Waals surface area contributed by atoms with Crippen molar-refractivity contribution in [3.05, 3.63) is 79.2 Å². The van der Waals surface area contributed by atoms with Crippen LogP contribution in [0.1, 0.15) is 19.4 Å². The van der Waals surface area contributed by atoms with E-state index in [0.717, 1.165) is 24.3 Å². The Labute approximate surface area is 162 Å². The number of aryl methyl sites for hydroxylation is 1. The van der Waals surface area contributed by atoms with Gasteiger partial charge in [-0.3, -0.25) is 9.59 Å². The molecule has 0 aliphatic rings. The highest BCUT2D eigenvalue weighted by molar-refractivity contribution is 5.81. The van der Waals surface area contributed by atoms with Gasteiger partial charge in [-0.2, -0.15) is 10.3 Å². The highest BCUT2D eigenvalue weighted by Gasteiger charge is 2.11. The average Bonchev–Trinajstić information content (AvgIpc) is 2.71. The van der Waals surface area contributed by atoms with Gasteiger partial charge in [0.05, 0.1) is 5.69 Å². The number of anilines is 1. The molecule has 6 heteroatoms. The van der Waals surface area contributed by atoms with E-state index in [-0.39, 0.29) is 21.5 Å². The van der Waals surface area contributed by atoms with Crippen molar-refractivity contribution in [1.29, 1.82) is 5.26 Å². The van der Waals surface area contributed by atoms with E-state index in [4.69, 9.17) is 5.26 Å². The number of nitrogens with zero attached hydrogens (tertiary/aromatic N) is 4. The van der Waals surface area contributed by atoms with Crippen LogP contribution in [-0.4, -0.2) is 13.1 Å². The standard InChI is InChI=1S/C22H20N4O2/c1-4-26(5-2)15-10-11-18(14(3)12-15)25-20-19(24-13-23)21(27)16-8-6-7-9-17(16)22(20)28/h6-12H,4-5H2,1-3H3. The first kappa shape index (κ1) is 19.2. The van der Waals surface area contributed by atoms with Crippen molar-refractivity contribution in [3.8, 4) is 6.19 Å². The van der Waals surface area contributed by atoms with E-state index >= 15 is 0 Å². The zero-order valence-corrected chi connectivity index (χ0v) is 16.1. The number of fused-ring (bicyclic) bond motifs is 1. The predicted octanol–water partition coefficient (Wildman–Crippen LogP) is 2.20. The number of hydrogen-bond donors (Lipinski definition) is 0. The Hall–Kier alpha value is -3.59. The summed E-state index contributed by atoms with van der Waals surface area (Å²) in [4.78, 5) is 35.9. The molecule has 140 valence electrons. The van der Waals surface area contributed by atoms with E-state index in [9.17, 15) is 9.59 Å². The third kappa shape index (κ3) is 3.35. The van der Waals surface area contributed by atoms with Crippen molar-refractivity contribution in [2.75, 3.05) is 18.0 Å². The second-order valence-corrected chi connectivity index (χ2v) is 6.37. The Kier molecular flexibility index (Phi) is 5.46. The minimum atomic E-state index is -0.465. The second kappa shape index (κ2) is 7.97. The van der Waals surface area contributed by atoms with Gasteiger partial charge in [0, 0.05) is 29.5 Å².